The summed E-state index contributed by atoms with van der Waals surface area (Å²) in [5, 5.41) is 5.84. The number of hydrogen-bond donors (Lipinski definition) is 1. The molecule has 10 rings (SSSR count). The molecule has 6 nitrogen and oxygen atoms in total. The van der Waals surface area contributed by atoms with Crippen LogP contribution in [0.25, 0.3) is 90.2 Å². The van der Waals surface area contributed by atoms with Crippen LogP contribution in [0.3, 0.4) is 0 Å². The van der Waals surface area contributed by atoms with E-state index in [0.29, 0.717) is 17.5 Å². The van der Waals surface area contributed by atoms with E-state index in [9.17, 15) is 0 Å². The topological polar surface area (TPSA) is 68.5 Å². The Hall–Kier alpha value is -7.18. The minimum atomic E-state index is 0.639. The molecule has 1 N–H and O–H groups in total. The van der Waals surface area contributed by atoms with Crippen LogP contribution in [0, 0.1) is 0 Å². The summed E-state index contributed by atoms with van der Waals surface area (Å²) in [6, 6.07) is 56.5. The fourth-order valence-electron chi connectivity index (χ4n) is 7.36. The largest absolute Gasteiger partial charge is 0.387 e. The Kier molecular flexibility index (Phi) is 7.43. The van der Waals surface area contributed by atoms with Gasteiger partial charge >= 0.3 is 0 Å². The predicted octanol–water partition coefficient (Wildman–Crippen LogP) is 10.8. The molecule has 9 aromatic rings. The first-order valence-corrected chi connectivity index (χ1v) is 17.8. The molecule has 0 radical (unpaired) electrons. The molecule has 3 heterocycles. The summed E-state index contributed by atoms with van der Waals surface area (Å²) in [6.45, 7) is 0.735. The summed E-state index contributed by atoms with van der Waals surface area (Å²) >= 11 is 0. The van der Waals surface area contributed by atoms with Crippen LogP contribution >= 0.6 is 0 Å². The van der Waals surface area contributed by atoms with Crippen LogP contribution in [0.2, 0.25) is 0 Å². The molecule has 2 aromatic heterocycles. The maximum absolute atomic E-state index is 5.36. The van der Waals surface area contributed by atoms with Gasteiger partial charge in [0.15, 0.2) is 17.5 Å². The van der Waals surface area contributed by atoms with Crippen LogP contribution in [0.1, 0.15) is 11.1 Å². The Balaban J connectivity index is 1.05. The van der Waals surface area contributed by atoms with Gasteiger partial charge in [-0.25, -0.2) is 19.9 Å². The lowest BCUT2D eigenvalue weighted by molar-refractivity contribution is 0.862. The van der Waals surface area contributed by atoms with Crippen molar-refractivity contribution in [2.45, 2.75) is 6.54 Å². The summed E-state index contributed by atoms with van der Waals surface area (Å²) in [7, 11) is 0. The zero-order valence-corrected chi connectivity index (χ0v) is 28.7. The van der Waals surface area contributed by atoms with E-state index in [1.807, 2.05) is 72.9 Å². The lowest BCUT2D eigenvalue weighted by Gasteiger charge is -2.19. The van der Waals surface area contributed by atoms with Crippen molar-refractivity contribution >= 4 is 27.9 Å². The average Bonchev–Trinajstić information content (AvgIpc) is 3.66. The van der Waals surface area contributed by atoms with E-state index in [1.165, 1.54) is 16.5 Å². The SMILES string of the molecule is C1=Cc2c(c3c(nc(-c4ccccc4)n3-c3ccc(-c4ccc(-c5nc(-c6ccccc6)nc(-c6ccccc6)n5)cc4)cc3)c3ccccc23)CN1. The Labute approximate surface area is 306 Å². The number of imidazole rings is 1. The Morgan fingerprint density at radius 3 is 1.49 bits per heavy atom. The van der Waals surface area contributed by atoms with Gasteiger partial charge in [-0.3, -0.25) is 4.57 Å². The van der Waals surface area contributed by atoms with Crippen molar-refractivity contribution in [2.24, 2.45) is 0 Å². The first-order valence-electron chi connectivity index (χ1n) is 17.8. The minimum Gasteiger partial charge on any atom is -0.387 e. The molecular formula is C47H32N6. The summed E-state index contributed by atoms with van der Waals surface area (Å²) in [5.74, 6) is 2.86. The molecule has 7 aromatic carbocycles. The summed E-state index contributed by atoms with van der Waals surface area (Å²) in [5.41, 5.74) is 11.8. The molecule has 53 heavy (non-hydrogen) atoms. The van der Waals surface area contributed by atoms with E-state index in [-0.39, 0.29) is 0 Å². The molecule has 0 bridgehead atoms. The number of benzene rings is 7. The van der Waals surface area contributed by atoms with Crippen LogP contribution in [0.15, 0.2) is 170 Å². The molecule has 0 unspecified atom stereocenters. The third-order valence-electron chi connectivity index (χ3n) is 9.94. The zero-order chi connectivity index (χ0) is 35.1. The van der Waals surface area contributed by atoms with E-state index < -0.39 is 0 Å². The van der Waals surface area contributed by atoms with E-state index in [0.717, 1.165) is 67.9 Å². The molecule has 1 aliphatic rings. The summed E-state index contributed by atoms with van der Waals surface area (Å²) < 4.78 is 2.33. The van der Waals surface area contributed by atoms with Crippen LogP contribution in [0.4, 0.5) is 0 Å². The average molecular weight is 681 g/mol. The van der Waals surface area contributed by atoms with Gasteiger partial charge in [-0.1, -0.05) is 152 Å². The zero-order valence-electron chi connectivity index (χ0n) is 28.7. The van der Waals surface area contributed by atoms with Gasteiger partial charge in [-0.05, 0) is 46.5 Å². The van der Waals surface area contributed by atoms with Gasteiger partial charge in [0.25, 0.3) is 0 Å². The quantitative estimate of drug-likeness (QED) is 0.189. The number of fused-ring (bicyclic) bond motifs is 6. The van der Waals surface area contributed by atoms with Gasteiger partial charge in [0.1, 0.15) is 5.82 Å². The first-order chi connectivity index (χ1) is 26.3. The third-order valence-corrected chi connectivity index (χ3v) is 9.94. The maximum Gasteiger partial charge on any atom is 0.164 e. The van der Waals surface area contributed by atoms with Crippen molar-refractivity contribution in [3.8, 4) is 62.4 Å². The summed E-state index contributed by atoms with van der Waals surface area (Å²) in [6.07, 6.45) is 4.24. The van der Waals surface area contributed by atoms with Crippen molar-refractivity contribution in [1.82, 2.24) is 29.8 Å². The molecule has 0 fully saturated rings. The molecule has 250 valence electrons. The van der Waals surface area contributed by atoms with Crippen molar-refractivity contribution in [3.63, 3.8) is 0 Å². The van der Waals surface area contributed by atoms with Gasteiger partial charge in [0, 0.05) is 45.4 Å². The van der Waals surface area contributed by atoms with Gasteiger partial charge in [-0.2, -0.15) is 0 Å². The van der Waals surface area contributed by atoms with E-state index in [2.05, 4.69) is 113 Å². The van der Waals surface area contributed by atoms with Crippen LogP contribution in [0.5, 0.6) is 0 Å². The lowest BCUT2D eigenvalue weighted by Crippen LogP contribution is -2.12. The van der Waals surface area contributed by atoms with E-state index in [4.69, 9.17) is 19.9 Å². The second kappa shape index (κ2) is 12.9. The van der Waals surface area contributed by atoms with Crippen molar-refractivity contribution in [1.29, 1.82) is 0 Å². The highest BCUT2D eigenvalue weighted by molar-refractivity contribution is 6.11. The van der Waals surface area contributed by atoms with E-state index >= 15 is 0 Å². The second-order valence-corrected chi connectivity index (χ2v) is 13.1. The Bertz CT molecular complexity index is 2730. The van der Waals surface area contributed by atoms with Crippen LogP contribution in [-0.4, -0.2) is 24.5 Å². The molecule has 0 aliphatic carbocycles. The molecule has 6 heteroatoms. The smallest absolute Gasteiger partial charge is 0.164 e. The standard InChI is InChI=1S/C47H32N6/c1-4-12-33(13-5-1)44-50-45(34-14-6-2-7-15-34)52-46(51-44)35-22-20-31(21-23-35)32-24-26-37(27-25-32)53-43-41-30-48-29-28-39(41)38-18-10-11-19-40(38)42(43)49-47(53)36-16-8-3-9-17-36/h1-29,48H,30H2. The Morgan fingerprint density at radius 2 is 0.906 bits per heavy atom. The first kappa shape index (κ1) is 30.6. The highest BCUT2D eigenvalue weighted by Crippen LogP contribution is 2.39. The molecular weight excluding hydrogens is 649 g/mol. The normalized spacial score (nSPS) is 12.2. The molecule has 0 spiro atoms. The third kappa shape index (κ3) is 5.45. The molecule has 0 saturated carbocycles. The number of hydrogen-bond acceptors (Lipinski definition) is 5. The highest BCUT2D eigenvalue weighted by atomic mass is 15.1. The number of aromatic nitrogens is 5. The highest BCUT2D eigenvalue weighted by Gasteiger charge is 2.23. The monoisotopic (exact) mass is 680 g/mol. The molecule has 1 aliphatic heterocycles. The predicted molar refractivity (Wildman–Crippen MR) is 215 cm³/mol. The van der Waals surface area contributed by atoms with Crippen molar-refractivity contribution < 1.29 is 0 Å². The molecule has 0 atom stereocenters. The fraction of sp³-hybridized carbons (Fsp3) is 0.0213. The fourth-order valence-corrected chi connectivity index (χ4v) is 7.36. The van der Waals surface area contributed by atoms with Gasteiger partial charge in [0.05, 0.1) is 11.0 Å². The number of nitrogens with zero attached hydrogens (tertiary/aromatic N) is 5. The molecule has 0 saturated heterocycles. The van der Waals surface area contributed by atoms with Gasteiger partial charge < -0.3 is 5.32 Å². The number of rotatable bonds is 6. The second-order valence-electron chi connectivity index (χ2n) is 13.1. The van der Waals surface area contributed by atoms with Gasteiger partial charge in [-0.15, -0.1) is 0 Å². The van der Waals surface area contributed by atoms with Gasteiger partial charge in [0.2, 0.25) is 0 Å². The minimum absolute atomic E-state index is 0.639. The van der Waals surface area contributed by atoms with E-state index in [1.54, 1.807) is 0 Å². The van der Waals surface area contributed by atoms with Crippen molar-refractivity contribution in [3.05, 3.63) is 181 Å². The summed E-state index contributed by atoms with van der Waals surface area (Å²) in [4.78, 5) is 20.0. The lowest BCUT2D eigenvalue weighted by atomic mass is 9.95. The number of nitrogens with one attached hydrogen (secondary N) is 1. The maximum atomic E-state index is 5.36. The van der Waals surface area contributed by atoms with Crippen LogP contribution < -0.4 is 5.32 Å². The van der Waals surface area contributed by atoms with Crippen molar-refractivity contribution in [2.75, 3.05) is 0 Å². The van der Waals surface area contributed by atoms with Crippen LogP contribution in [-0.2, 0) is 6.54 Å². The Morgan fingerprint density at radius 1 is 0.434 bits per heavy atom. The molecule has 0 amide bonds.